The molecule has 0 aliphatic carbocycles. The van der Waals surface area contributed by atoms with E-state index in [9.17, 15) is 18.0 Å². The number of hydrogen-bond acceptors (Lipinski definition) is 10. The van der Waals surface area contributed by atoms with Crippen LogP contribution >= 0.6 is 0 Å². The molecular formula is C6H10O10S. The van der Waals surface area contributed by atoms with E-state index in [1.807, 2.05) is 0 Å². The van der Waals surface area contributed by atoms with Crippen LogP contribution in [0.2, 0.25) is 0 Å². The summed E-state index contributed by atoms with van der Waals surface area (Å²) in [5, 5.41) is 17.2. The van der Waals surface area contributed by atoms with Crippen LogP contribution in [0.25, 0.3) is 0 Å². The lowest BCUT2D eigenvalue weighted by Gasteiger charge is -2.05. The Morgan fingerprint density at radius 3 is 1.47 bits per heavy atom. The molecule has 2 atom stereocenters. The summed E-state index contributed by atoms with van der Waals surface area (Å²) in [6, 6.07) is 0. The molecule has 2 N–H and O–H groups in total. The standard InChI is InChI=1S/C6H10O10S/c1-3(7)5(9)13-15-17(11,12)16-14-6(10)4(2)8/h3-4,7-8H,1-2H3. The lowest BCUT2D eigenvalue weighted by Crippen LogP contribution is -2.25. The van der Waals surface area contributed by atoms with Crippen molar-refractivity contribution in [3.8, 4) is 0 Å². The van der Waals surface area contributed by atoms with E-state index in [4.69, 9.17) is 10.2 Å². The maximum atomic E-state index is 10.7. The first-order chi connectivity index (χ1) is 7.65. The first-order valence-electron chi connectivity index (χ1n) is 4.06. The zero-order valence-electron chi connectivity index (χ0n) is 8.72. The second kappa shape index (κ2) is 6.46. The van der Waals surface area contributed by atoms with Gasteiger partial charge in [0, 0.05) is 0 Å². The molecule has 10 nitrogen and oxygen atoms in total. The molecule has 0 amide bonds. The molecule has 0 aliphatic rings. The smallest absolute Gasteiger partial charge is 0.382 e. The van der Waals surface area contributed by atoms with Crippen molar-refractivity contribution in [2.75, 3.05) is 0 Å². The van der Waals surface area contributed by atoms with E-state index < -0.39 is 34.5 Å². The Morgan fingerprint density at radius 1 is 0.941 bits per heavy atom. The van der Waals surface area contributed by atoms with Crippen molar-refractivity contribution in [1.29, 1.82) is 0 Å². The highest BCUT2D eigenvalue weighted by Gasteiger charge is 2.24. The summed E-state index contributed by atoms with van der Waals surface area (Å²) in [5.74, 6) is -2.81. The predicted molar refractivity (Wildman–Crippen MR) is 46.6 cm³/mol. The Hall–Kier alpha value is -1.27. The fourth-order valence-electron chi connectivity index (χ4n) is 0.301. The summed E-state index contributed by atoms with van der Waals surface area (Å²) < 4.78 is 28.4. The monoisotopic (exact) mass is 274 g/mol. The second-order valence-corrected chi connectivity index (χ2v) is 3.79. The van der Waals surface area contributed by atoms with Crippen molar-refractivity contribution < 1.29 is 46.7 Å². The van der Waals surface area contributed by atoms with Crippen molar-refractivity contribution in [3.63, 3.8) is 0 Å². The summed E-state index contributed by atoms with van der Waals surface area (Å²) in [4.78, 5) is 28.4. The van der Waals surface area contributed by atoms with E-state index >= 15 is 0 Å². The number of hydrogen-bond donors (Lipinski definition) is 2. The van der Waals surface area contributed by atoms with Gasteiger partial charge in [0.05, 0.1) is 0 Å². The molecule has 100 valence electrons. The average molecular weight is 274 g/mol. The molecule has 17 heavy (non-hydrogen) atoms. The van der Waals surface area contributed by atoms with Crippen LogP contribution in [-0.2, 0) is 38.4 Å². The first kappa shape index (κ1) is 15.7. The maximum Gasteiger partial charge on any atom is 0.471 e. The van der Waals surface area contributed by atoms with Crippen LogP contribution in [0.4, 0.5) is 0 Å². The zero-order valence-corrected chi connectivity index (χ0v) is 9.54. The molecule has 0 heterocycles. The van der Waals surface area contributed by atoms with Gasteiger partial charge in [0.2, 0.25) is 0 Å². The highest BCUT2D eigenvalue weighted by Crippen LogP contribution is 2.01. The molecule has 0 spiro atoms. The van der Waals surface area contributed by atoms with E-state index in [2.05, 4.69) is 18.4 Å². The van der Waals surface area contributed by atoms with E-state index in [0.29, 0.717) is 0 Å². The molecule has 11 heteroatoms. The summed E-state index contributed by atoms with van der Waals surface area (Å²) in [7, 11) is -4.95. The Bertz CT molecular complexity index is 338. The molecule has 0 aromatic carbocycles. The van der Waals surface area contributed by atoms with Gasteiger partial charge in [-0.15, -0.1) is 0 Å². The van der Waals surface area contributed by atoms with Crippen molar-refractivity contribution >= 4 is 22.3 Å². The molecule has 0 fully saturated rings. The summed E-state index contributed by atoms with van der Waals surface area (Å²) >= 11 is 0. The molecule has 0 saturated heterocycles. The molecule has 2 unspecified atom stereocenters. The number of carbonyl (C=O) groups excluding carboxylic acids is 2. The third kappa shape index (κ3) is 6.80. The second-order valence-electron chi connectivity index (χ2n) is 2.70. The quantitative estimate of drug-likeness (QED) is 0.409. The van der Waals surface area contributed by atoms with Gasteiger partial charge in [-0.1, -0.05) is 0 Å². The van der Waals surface area contributed by atoms with E-state index in [1.54, 1.807) is 0 Å². The van der Waals surface area contributed by atoms with Crippen LogP contribution in [0, 0.1) is 0 Å². The topological polar surface area (TPSA) is 146 Å². The summed E-state index contributed by atoms with van der Waals surface area (Å²) in [6.45, 7) is 1.99. The lowest BCUT2D eigenvalue weighted by molar-refractivity contribution is -0.252. The zero-order chi connectivity index (χ0) is 13.6. The largest absolute Gasteiger partial charge is 0.471 e. The van der Waals surface area contributed by atoms with Gasteiger partial charge in [-0.2, -0.15) is 8.42 Å². The molecule has 0 aromatic rings. The molecular weight excluding hydrogens is 264 g/mol. The van der Waals surface area contributed by atoms with Crippen LogP contribution in [-0.4, -0.2) is 42.8 Å². The van der Waals surface area contributed by atoms with E-state index in [1.165, 1.54) is 0 Å². The molecule has 0 rings (SSSR count). The highest BCUT2D eigenvalue weighted by atomic mass is 32.3. The minimum Gasteiger partial charge on any atom is -0.382 e. The van der Waals surface area contributed by atoms with Gasteiger partial charge in [0.15, 0.2) is 12.2 Å². The minimum atomic E-state index is -4.95. The molecule has 0 aliphatic heterocycles. The Kier molecular flexibility index (Phi) is 5.98. The van der Waals surface area contributed by atoms with Crippen molar-refractivity contribution in [2.45, 2.75) is 26.1 Å². The van der Waals surface area contributed by atoms with Crippen LogP contribution in [0.5, 0.6) is 0 Å². The normalized spacial score (nSPS) is 14.8. The van der Waals surface area contributed by atoms with Crippen LogP contribution in [0.1, 0.15) is 13.8 Å². The van der Waals surface area contributed by atoms with Gasteiger partial charge in [0.25, 0.3) is 0 Å². The third-order valence-corrected chi connectivity index (χ3v) is 1.55. The Labute approximate surface area is 95.8 Å². The number of aliphatic hydroxyl groups excluding tert-OH is 2. The predicted octanol–water partition coefficient (Wildman–Crippen LogP) is -2.06. The SMILES string of the molecule is CC(O)C(=O)OOS(=O)(=O)OOC(=O)C(C)O. The van der Waals surface area contributed by atoms with Crippen molar-refractivity contribution in [1.82, 2.24) is 0 Å². The van der Waals surface area contributed by atoms with Gasteiger partial charge < -0.3 is 10.2 Å². The van der Waals surface area contributed by atoms with Crippen molar-refractivity contribution in [2.24, 2.45) is 0 Å². The minimum absolute atomic E-state index is 0.993. The summed E-state index contributed by atoms with van der Waals surface area (Å²) in [6.07, 6.45) is -3.24. The third-order valence-electron chi connectivity index (χ3n) is 1.08. The highest BCUT2D eigenvalue weighted by molar-refractivity contribution is 7.81. The average Bonchev–Trinajstić information content (AvgIpc) is 2.22. The first-order valence-corrected chi connectivity index (χ1v) is 5.40. The lowest BCUT2D eigenvalue weighted by atomic mass is 10.4. The summed E-state index contributed by atoms with van der Waals surface area (Å²) in [5.41, 5.74) is 0. The van der Waals surface area contributed by atoms with E-state index in [0.717, 1.165) is 13.8 Å². The number of rotatable bonds is 6. The Balaban J connectivity index is 4.14. The van der Waals surface area contributed by atoms with Crippen LogP contribution in [0.15, 0.2) is 0 Å². The number of carbonyl (C=O) groups is 2. The maximum absolute atomic E-state index is 10.7. The molecule has 0 aromatic heterocycles. The van der Waals surface area contributed by atoms with Crippen molar-refractivity contribution in [3.05, 3.63) is 0 Å². The Morgan fingerprint density at radius 2 is 1.24 bits per heavy atom. The molecule has 0 radical (unpaired) electrons. The fourth-order valence-corrected chi connectivity index (χ4v) is 0.624. The number of aliphatic hydroxyl groups is 2. The van der Waals surface area contributed by atoms with Crippen LogP contribution in [0.3, 0.4) is 0 Å². The fraction of sp³-hybridized carbons (Fsp3) is 0.667. The van der Waals surface area contributed by atoms with Gasteiger partial charge in [-0.25, -0.2) is 9.59 Å². The molecule has 0 bridgehead atoms. The van der Waals surface area contributed by atoms with Crippen LogP contribution < -0.4 is 0 Å². The molecule has 0 saturated carbocycles. The van der Waals surface area contributed by atoms with E-state index in [-0.39, 0.29) is 0 Å². The van der Waals surface area contributed by atoms with Gasteiger partial charge in [0.1, 0.15) is 0 Å². The van der Waals surface area contributed by atoms with Gasteiger partial charge >= 0.3 is 22.3 Å². The van der Waals surface area contributed by atoms with Gasteiger partial charge in [-0.05, 0) is 22.5 Å². The van der Waals surface area contributed by atoms with Gasteiger partial charge in [-0.3, -0.25) is 9.78 Å².